The summed E-state index contributed by atoms with van der Waals surface area (Å²) in [6, 6.07) is 5.99. The minimum Gasteiger partial charge on any atom is -0.341 e. The van der Waals surface area contributed by atoms with E-state index in [2.05, 4.69) is 21.2 Å². The Bertz CT molecular complexity index is 1040. The molecule has 0 spiro atoms. The highest BCUT2D eigenvalue weighted by Gasteiger charge is 2.29. The number of nitrogens with zero attached hydrogens (tertiary/aromatic N) is 3. The molecule has 1 aromatic carbocycles. The van der Waals surface area contributed by atoms with E-state index >= 15 is 0 Å². The highest BCUT2D eigenvalue weighted by molar-refractivity contribution is 9.10. The van der Waals surface area contributed by atoms with E-state index in [1.807, 2.05) is 46.9 Å². The molecule has 0 aliphatic carbocycles. The summed E-state index contributed by atoms with van der Waals surface area (Å²) < 4.78 is 2.93. The zero-order valence-corrected chi connectivity index (χ0v) is 19.4. The van der Waals surface area contributed by atoms with Gasteiger partial charge in [0.15, 0.2) is 5.11 Å². The minimum atomic E-state index is -0.126. The van der Waals surface area contributed by atoms with Crippen molar-refractivity contribution in [1.82, 2.24) is 19.7 Å². The van der Waals surface area contributed by atoms with Gasteiger partial charge in [0, 0.05) is 46.8 Å². The minimum absolute atomic E-state index is 0.126. The number of rotatable bonds is 4. The lowest BCUT2D eigenvalue weighted by Crippen LogP contribution is -2.34. The average Bonchev–Trinajstić information content (AvgIpc) is 3.03. The van der Waals surface area contributed by atoms with Crippen LogP contribution >= 0.6 is 28.1 Å². The number of halogens is 1. The van der Waals surface area contributed by atoms with E-state index in [-0.39, 0.29) is 11.8 Å². The number of thiocarbonyl (C=S) groups is 1. The van der Waals surface area contributed by atoms with Gasteiger partial charge in [0.2, 0.25) is 5.91 Å². The van der Waals surface area contributed by atoms with Gasteiger partial charge in [-0.1, -0.05) is 28.8 Å². The molecule has 0 radical (unpaired) electrons. The lowest BCUT2D eigenvalue weighted by molar-refractivity contribution is -0.131. The number of likely N-dealkylation sites (tertiary alicyclic amines) is 1. The van der Waals surface area contributed by atoms with Crippen molar-refractivity contribution in [3.05, 3.63) is 40.1 Å². The first-order valence-electron chi connectivity index (χ1n) is 10.4. The number of hydrogen-bond acceptors (Lipinski definition) is 3. The fourth-order valence-corrected chi connectivity index (χ4v) is 4.81. The molecule has 2 aromatic rings. The molecule has 0 bridgehead atoms. The SMILES string of the molecule is CCN1C(=O)/C(=C/c2cn(CC(=O)N3CCCCCC3)c3ccc(Br)cc23)NC1=S. The van der Waals surface area contributed by atoms with Crippen LogP contribution in [0, 0.1) is 0 Å². The zero-order chi connectivity index (χ0) is 21.3. The third-order valence-corrected chi connectivity index (χ3v) is 6.53. The molecule has 0 atom stereocenters. The number of carbonyl (C=O) groups is 2. The molecule has 0 unspecified atom stereocenters. The Morgan fingerprint density at radius 2 is 1.97 bits per heavy atom. The van der Waals surface area contributed by atoms with E-state index in [9.17, 15) is 9.59 Å². The number of nitrogens with one attached hydrogen (secondary N) is 1. The number of benzene rings is 1. The van der Waals surface area contributed by atoms with E-state index in [1.54, 1.807) is 4.90 Å². The van der Waals surface area contributed by atoms with Crippen molar-refractivity contribution in [3.8, 4) is 0 Å². The lowest BCUT2D eigenvalue weighted by atomic mass is 10.1. The molecule has 1 aromatic heterocycles. The molecule has 2 fully saturated rings. The van der Waals surface area contributed by atoms with Gasteiger partial charge in [-0.05, 0) is 56.3 Å². The molecule has 3 heterocycles. The molecule has 0 saturated carbocycles. The molecule has 2 aliphatic heterocycles. The summed E-state index contributed by atoms with van der Waals surface area (Å²) in [6.45, 7) is 4.39. The Balaban J connectivity index is 1.67. The number of carbonyl (C=O) groups excluding carboxylic acids is 2. The molecule has 8 heteroatoms. The first-order chi connectivity index (χ1) is 14.5. The van der Waals surface area contributed by atoms with Gasteiger partial charge in [0.25, 0.3) is 5.91 Å². The van der Waals surface area contributed by atoms with Gasteiger partial charge in [-0.2, -0.15) is 0 Å². The Hall–Kier alpha value is -2.19. The van der Waals surface area contributed by atoms with Crippen LogP contribution in [0.4, 0.5) is 0 Å². The number of fused-ring (bicyclic) bond motifs is 1. The van der Waals surface area contributed by atoms with Crippen LogP contribution < -0.4 is 5.32 Å². The summed E-state index contributed by atoms with van der Waals surface area (Å²) in [7, 11) is 0. The number of likely N-dealkylation sites (N-methyl/N-ethyl adjacent to an activating group) is 1. The third kappa shape index (κ3) is 4.16. The second kappa shape index (κ2) is 8.89. The van der Waals surface area contributed by atoms with Crippen LogP contribution in [0.5, 0.6) is 0 Å². The van der Waals surface area contributed by atoms with E-state index in [1.165, 1.54) is 12.8 Å². The lowest BCUT2D eigenvalue weighted by Gasteiger charge is -2.20. The van der Waals surface area contributed by atoms with E-state index in [0.717, 1.165) is 46.9 Å². The smallest absolute Gasteiger partial charge is 0.276 e. The summed E-state index contributed by atoms with van der Waals surface area (Å²) in [5.74, 6) is 0.0170. The van der Waals surface area contributed by atoms with Gasteiger partial charge in [0.05, 0.1) is 0 Å². The van der Waals surface area contributed by atoms with Crippen molar-refractivity contribution in [2.75, 3.05) is 19.6 Å². The molecule has 158 valence electrons. The fraction of sp³-hybridized carbons (Fsp3) is 0.409. The molecular formula is C22H25BrN4O2S. The highest BCUT2D eigenvalue weighted by Crippen LogP contribution is 2.28. The normalized spacial score (nSPS) is 18.9. The summed E-state index contributed by atoms with van der Waals surface area (Å²) in [6.07, 6.45) is 8.31. The maximum atomic E-state index is 13.0. The topological polar surface area (TPSA) is 57.6 Å². The van der Waals surface area contributed by atoms with E-state index < -0.39 is 0 Å². The van der Waals surface area contributed by atoms with Crippen LogP contribution in [0.25, 0.3) is 17.0 Å². The summed E-state index contributed by atoms with van der Waals surface area (Å²) in [5.41, 5.74) is 2.31. The summed E-state index contributed by atoms with van der Waals surface area (Å²) in [4.78, 5) is 29.1. The van der Waals surface area contributed by atoms with Crippen LogP contribution in [-0.2, 0) is 16.1 Å². The molecule has 2 aliphatic rings. The van der Waals surface area contributed by atoms with Crippen molar-refractivity contribution >= 4 is 62.1 Å². The Labute approximate surface area is 190 Å². The largest absolute Gasteiger partial charge is 0.341 e. The van der Waals surface area contributed by atoms with Gasteiger partial charge >= 0.3 is 0 Å². The van der Waals surface area contributed by atoms with Crippen molar-refractivity contribution < 1.29 is 9.59 Å². The third-order valence-electron chi connectivity index (χ3n) is 5.72. The number of amides is 2. The zero-order valence-electron chi connectivity index (χ0n) is 17.0. The molecule has 30 heavy (non-hydrogen) atoms. The van der Waals surface area contributed by atoms with Crippen LogP contribution in [0.1, 0.15) is 38.2 Å². The van der Waals surface area contributed by atoms with Gasteiger partial charge in [-0.3, -0.25) is 14.5 Å². The predicted molar refractivity (Wildman–Crippen MR) is 126 cm³/mol. The Morgan fingerprint density at radius 3 is 2.63 bits per heavy atom. The van der Waals surface area contributed by atoms with Crippen LogP contribution in [0.15, 0.2) is 34.6 Å². The van der Waals surface area contributed by atoms with Crippen molar-refractivity contribution in [1.29, 1.82) is 0 Å². The van der Waals surface area contributed by atoms with E-state index in [0.29, 0.717) is 23.9 Å². The van der Waals surface area contributed by atoms with Crippen LogP contribution in [0.3, 0.4) is 0 Å². The van der Waals surface area contributed by atoms with Crippen molar-refractivity contribution in [2.24, 2.45) is 0 Å². The Kier molecular flexibility index (Phi) is 6.24. The molecule has 1 N–H and O–H groups in total. The van der Waals surface area contributed by atoms with E-state index in [4.69, 9.17) is 12.2 Å². The maximum absolute atomic E-state index is 13.0. The number of aromatic nitrogens is 1. The monoisotopic (exact) mass is 488 g/mol. The maximum Gasteiger partial charge on any atom is 0.276 e. The highest BCUT2D eigenvalue weighted by atomic mass is 79.9. The summed E-state index contributed by atoms with van der Waals surface area (Å²) in [5, 5.41) is 4.42. The van der Waals surface area contributed by atoms with Gasteiger partial charge in [-0.15, -0.1) is 0 Å². The molecule has 2 amide bonds. The van der Waals surface area contributed by atoms with Crippen LogP contribution in [-0.4, -0.2) is 50.9 Å². The van der Waals surface area contributed by atoms with Crippen molar-refractivity contribution in [3.63, 3.8) is 0 Å². The molecule has 2 saturated heterocycles. The predicted octanol–water partition coefficient (Wildman–Crippen LogP) is 3.88. The summed E-state index contributed by atoms with van der Waals surface area (Å²) >= 11 is 8.80. The fourth-order valence-electron chi connectivity index (χ4n) is 4.12. The van der Waals surface area contributed by atoms with Crippen LogP contribution in [0.2, 0.25) is 0 Å². The van der Waals surface area contributed by atoms with Gasteiger partial charge < -0.3 is 14.8 Å². The van der Waals surface area contributed by atoms with Gasteiger partial charge in [-0.25, -0.2) is 0 Å². The second-order valence-corrected chi connectivity index (χ2v) is 9.01. The average molecular weight is 489 g/mol. The Morgan fingerprint density at radius 1 is 1.23 bits per heavy atom. The second-order valence-electron chi connectivity index (χ2n) is 7.71. The number of hydrogen-bond donors (Lipinski definition) is 1. The first-order valence-corrected chi connectivity index (χ1v) is 11.6. The quantitative estimate of drug-likeness (QED) is 0.523. The van der Waals surface area contributed by atoms with Gasteiger partial charge in [0.1, 0.15) is 12.2 Å². The molecule has 4 rings (SSSR count). The molecule has 6 nitrogen and oxygen atoms in total. The molecular weight excluding hydrogens is 464 g/mol. The first kappa shape index (κ1) is 21.1. The standard InChI is InChI=1S/C22H25BrN4O2S/c1-2-27-21(29)18(24-22(27)30)11-15-13-26(19-8-7-16(23)12-17(15)19)14-20(28)25-9-5-3-4-6-10-25/h7-8,11-13H,2-6,9-10,14H2,1H3,(H,24,30)/b18-11-. The van der Waals surface area contributed by atoms with Crippen molar-refractivity contribution in [2.45, 2.75) is 39.2 Å².